The molecule has 2 heterocycles. The van der Waals surface area contributed by atoms with Crippen LogP contribution in [0.3, 0.4) is 0 Å². The lowest BCUT2D eigenvalue weighted by Gasteiger charge is -1.99. The molecular weight excluding hydrogens is 400 g/mol. The number of cyclic esters (lactones) is 4. The van der Waals surface area contributed by atoms with Crippen molar-refractivity contribution < 1.29 is 47.7 Å². The van der Waals surface area contributed by atoms with E-state index in [1.54, 1.807) is 0 Å². The lowest BCUT2D eigenvalue weighted by molar-refractivity contribution is 0.0425. The van der Waals surface area contributed by atoms with Gasteiger partial charge in [-0.05, 0) is 36.4 Å². The van der Waals surface area contributed by atoms with Crippen LogP contribution in [-0.2, 0) is 18.9 Å². The third-order valence-electron chi connectivity index (χ3n) is 4.13. The summed E-state index contributed by atoms with van der Waals surface area (Å²) in [4.78, 5) is 66.7. The molecule has 0 aromatic heterocycles. The lowest BCUT2D eigenvalue weighted by atomic mass is 10.1. The van der Waals surface area contributed by atoms with Gasteiger partial charge >= 0.3 is 35.8 Å². The normalized spacial score (nSPS) is 13.4. The molecule has 0 fully saturated rings. The average Bonchev–Trinajstić information content (AvgIpc) is 3.21. The lowest BCUT2D eigenvalue weighted by Crippen LogP contribution is -2.03. The summed E-state index contributed by atoms with van der Waals surface area (Å²) in [6, 6.07) is 8.13. The first-order valence-electron chi connectivity index (χ1n) is 8.24. The molecule has 0 amide bonds. The van der Waals surface area contributed by atoms with Crippen LogP contribution in [0.5, 0.6) is 0 Å². The molecule has 0 radical (unpaired) electrons. The van der Waals surface area contributed by atoms with Crippen molar-refractivity contribution in [2.75, 3.05) is 14.2 Å². The van der Waals surface area contributed by atoms with Crippen molar-refractivity contribution >= 4 is 35.8 Å². The Kier molecular flexibility index (Phi) is 5.41. The number of carbonyl (C=O) groups is 6. The van der Waals surface area contributed by atoms with Crippen molar-refractivity contribution in [1.29, 1.82) is 0 Å². The van der Waals surface area contributed by atoms with E-state index < -0.39 is 35.8 Å². The predicted molar refractivity (Wildman–Crippen MR) is 95.1 cm³/mol. The first-order chi connectivity index (χ1) is 14.3. The van der Waals surface area contributed by atoms with Crippen molar-refractivity contribution in [3.05, 3.63) is 69.8 Å². The van der Waals surface area contributed by atoms with E-state index in [0.717, 1.165) is 0 Å². The number of esters is 6. The van der Waals surface area contributed by atoms with Crippen molar-refractivity contribution in [2.24, 2.45) is 0 Å². The Balaban J connectivity index is 0.000000171. The molecular formula is C20H12O10. The largest absolute Gasteiger partial charge is 0.465 e. The van der Waals surface area contributed by atoms with Crippen LogP contribution in [0.15, 0.2) is 36.4 Å². The summed E-state index contributed by atoms with van der Waals surface area (Å²) in [6.45, 7) is 0. The second-order valence-electron chi connectivity index (χ2n) is 5.86. The number of rotatable bonds is 2. The molecule has 10 nitrogen and oxygen atoms in total. The van der Waals surface area contributed by atoms with Gasteiger partial charge in [-0.1, -0.05) is 0 Å². The third kappa shape index (κ3) is 3.65. The summed E-state index contributed by atoms with van der Waals surface area (Å²) in [5.74, 6) is -3.98. The minimum atomic E-state index is -0.735. The molecule has 0 aliphatic carbocycles. The van der Waals surface area contributed by atoms with Gasteiger partial charge in [0.2, 0.25) is 0 Å². The van der Waals surface area contributed by atoms with Gasteiger partial charge in [-0.3, -0.25) is 0 Å². The van der Waals surface area contributed by atoms with Gasteiger partial charge in [0.05, 0.1) is 47.6 Å². The molecule has 10 heteroatoms. The molecule has 30 heavy (non-hydrogen) atoms. The topological polar surface area (TPSA) is 139 Å². The SMILES string of the molecule is COC(=O)c1ccc2c(c1)C(=O)OC2=O.COC(=O)c1ccc2c(c1)C(=O)OC2=O. The minimum Gasteiger partial charge on any atom is -0.465 e. The van der Waals surface area contributed by atoms with Gasteiger partial charge in [-0.25, -0.2) is 28.8 Å². The van der Waals surface area contributed by atoms with Crippen LogP contribution in [0, 0.1) is 0 Å². The molecule has 0 N–H and O–H groups in total. The molecule has 2 aromatic rings. The Morgan fingerprint density at radius 2 is 0.933 bits per heavy atom. The zero-order valence-electron chi connectivity index (χ0n) is 15.5. The zero-order valence-corrected chi connectivity index (χ0v) is 15.5. The highest BCUT2D eigenvalue weighted by atomic mass is 16.6. The van der Waals surface area contributed by atoms with Crippen LogP contribution < -0.4 is 0 Å². The van der Waals surface area contributed by atoms with E-state index >= 15 is 0 Å². The summed E-state index contributed by atoms with van der Waals surface area (Å²) in [5, 5.41) is 0. The molecule has 4 rings (SSSR count). The van der Waals surface area contributed by atoms with Gasteiger partial charge < -0.3 is 18.9 Å². The Bertz CT molecular complexity index is 1040. The third-order valence-corrected chi connectivity index (χ3v) is 4.13. The molecule has 2 aliphatic rings. The standard InChI is InChI=1S/2C10H6O5/c2*1-14-8(11)5-2-3-6-7(4-5)10(13)15-9(6)12/h2*2-4H,1H3. The predicted octanol–water partition coefficient (Wildman–Crippen LogP) is 1.57. The summed E-state index contributed by atoms with van der Waals surface area (Å²) in [7, 11) is 2.47. The Morgan fingerprint density at radius 3 is 1.27 bits per heavy atom. The van der Waals surface area contributed by atoms with Gasteiger partial charge in [0.1, 0.15) is 0 Å². The molecule has 152 valence electrons. The average molecular weight is 412 g/mol. The van der Waals surface area contributed by atoms with Gasteiger partial charge in [-0.2, -0.15) is 0 Å². The summed E-state index contributed by atoms with van der Waals surface area (Å²) < 4.78 is 17.7. The first-order valence-corrected chi connectivity index (χ1v) is 8.24. The van der Waals surface area contributed by atoms with Gasteiger partial charge in [0.15, 0.2) is 0 Å². The van der Waals surface area contributed by atoms with Crippen LogP contribution in [0.1, 0.15) is 62.1 Å². The van der Waals surface area contributed by atoms with Gasteiger partial charge in [0, 0.05) is 0 Å². The fourth-order valence-electron chi connectivity index (χ4n) is 2.66. The highest BCUT2D eigenvalue weighted by Crippen LogP contribution is 2.22. The van der Waals surface area contributed by atoms with E-state index in [4.69, 9.17) is 0 Å². The molecule has 0 bridgehead atoms. The molecule has 0 saturated heterocycles. The Hall–Kier alpha value is -4.34. The number of carbonyl (C=O) groups excluding carboxylic acids is 6. The second-order valence-corrected chi connectivity index (χ2v) is 5.86. The Morgan fingerprint density at radius 1 is 0.600 bits per heavy atom. The van der Waals surface area contributed by atoms with Crippen molar-refractivity contribution in [1.82, 2.24) is 0 Å². The fourth-order valence-corrected chi connectivity index (χ4v) is 2.66. The van der Waals surface area contributed by atoms with E-state index in [2.05, 4.69) is 18.9 Å². The minimum absolute atomic E-state index is 0.0999. The van der Waals surface area contributed by atoms with Crippen molar-refractivity contribution in [2.45, 2.75) is 0 Å². The molecule has 0 spiro atoms. The summed E-state index contributed by atoms with van der Waals surface area (Å²) in [5.41, 5.74) is 0.969. The number of hydrogen-bond acceptors (Lipinski definition) is 10. The van der Waals surface area contributed by atoms with Crippen LogP contribution in [0.2, 0.25) is 0 Å². The monoisotopic (exact) mass is 412 g/mol. The zero-order chi connectivity index (χ0) is 22.0. The molecule has 0 saturated carbocycles. The summed E-state index contributed by atoms with van der Waals surface area (Å²) in [6.07, 6.45) is 0. The maximum atomic E-state index is 11.1. The van der Waals surface area contributed by atoms with E-state index in [0.29, 0.717) is 0 Å². The van der Waals surface area contributed by atoms with Crippen molar-refractivity contribution in [3.8, 4) is 0 Å². The van der Waals surface area contributed by atoms with Crippen LogP contribution in [-0.4, -0.2) is 50.0 Å². The number of ether oxygens (including phenoxy) is 4. The van der Waals surface area contributed by atoms with Crippen molar-refractivity contribution in [3.63, 3.8) is 0 Å². The summed E-state index contributed by atoms with van der Waals surface area (Å²) >= 11 is 0. The van der Waals surface area contributed by atoms with Gasteiger partial charge in [-0.15, -0.1) is 0 Å². The smallest absolute Gasteiger partial charge is 0.346 e. The molecule has 2 aromatic carbocycles. The van der Waals surface area contributed by atoms with E-state index in [9.17, 15) is 28.8 Å². The van der Waals surface area contributed by atoms with E-state index in [-0.39, 0.29) is 33.4 Å². The highest BCUT2D eigenvalue weighted by Gasteiger charge is 2.31. The van der Waals surface area contributed by atoms with Crippen LogP contribution >= 0.6 is 0 Å². The molecule has 0 unspecified atom stereocenters. The maximum absolute atomic E-state index is 11.1. The number of fused-ring (bicyclic) bond motifs is 2. The highest BCUT2D eigenvalue weighted by molar-refractivity contribution is 6.16. The second kappa shape index (κ2) is 7.95. The number of benzene rings is 2. The first kappa shape index (κ1) is 20.4. The van der Waals surface area contributed by atoms with E-state index in [1.807, 2.05) is 0 Å². The maximum Gasteiger partial charge on any atom is 0.346 e. The van der Waals surface area contributed by atoms with Gasteiger partial charge in [0.25, 0.3) is 0 Å². The Labute approximate surface area is 168 Å². The molecule has 0 atom stereocenters. The van der Waals surface area contributed by atoms with Crippen LogP contribution in [0.4, 0.5) is 0 Å². The quantitative estimate of drug-likeness (QED) is 0.405. The molecule has 2 aliphatic heterocycles. The van der Waals surface area contributed by atoms with Crippen LogP contribution in [0.25, 0.3) is 0 Å². The number of methoxy groups -OCH3 is 2. The fraction of sp³-hybridized carbons (Fsp3) is 0.100. The van der Waals surface area contributed by atoms with E-state index in [1.165, 1.54) is 50.6 Å². The number of hydrogen-bond donors (Lipinski definition) is 0.